The van der Waals surface area contributed by atoms with Crippen LogP contribution in [0.3, 0.4) is 0 Å². The molecule has 25 nitrogen and oxygen atoms in total. The van der Waals surface area contributed by atoms with E-state index in [2.05, 4.69) is 103 Å². The first-order valence-electron chi connectivity index (χ1n) is 49.3. The number of nitrogens with one attached hydrogen (secondary N) is 4. The van der Waals surface area contributed by atoms with E-state index in [1.165, 1.54) is 36.8 Å². The lowest BCUT2D eigenvalue weighted by Gasteiger charge is -2.61. The summed E-state index contributed by atoms with van der Waals surface area (Å²) in [6, 6.07) is 21.1. The number of fused-ring (bicyclic) bond motifs is 4. The van der Waals surface area contributed by atoms with Crippen LogP contribution in [0.2, 0.25) is 15.1 Å². The van der Waals surface area contributed by atoms with Gasteiger partial charge >= 0.3 is 0 Å². The van der Waals surface area contributed by atoms with Crippen LogP contribution in [-0.2, 0) is 59.5 Å². The highest BCUT2D eigenvalue weighted by Crippen LogP contribution is 2.65. The third kappa shape index (κ3) is 23.4. The van der Waals surface area contributed by atoms with E-state index in [1.54, 1.807) is 58.6 Å². The number of halogens is 6. The molecule has 8 atom stereocenters. The highest BCUT2D eigenvalue weighted by molar-refractivity contribution is 6.34. The number of pyridine rings is 5. The molecule has 4 N–H and O–H groups in total. The molecule has 19 rings (SSSR count). The Morgan fingerprint density at radius 3 is 1.14 bits per heavy atom. The number of rotatable bonds is 26. The number of aryl methyl sites for hydroxylation is 4. The third-order valence-corrected chi connectivity index (χ3v) is 30.0. The number of ketones is 4. The van der Waals surface area contributed by atoms with Gasteiger partial charge in [-0.1, -0.05) is 109 Å². The molecule has 0 saturated heterocycles. The minimum absolute atomic E-state index is 0.00225. The van der Waals surface area contributed by atoms with Gasteiger partial charge in [0.1, 0.15) is 68.5 Å². The standard InChI is InChI=1S/C30H34ClFN4O2.C28H35FN4O2.C26H30ClFN4O2.C24H28ClN5O2/c1-16(2)28-22-9-20(10-24(32)27(22)35-36(28)3)21-11-26(33-15-23(21)31)34-29(38)19-6-4-5-17(7-19)8-25(37)30-12-18(13-30)14-30;1-6-21(34)11-18-8-7-9-19(10-18)28(35)31-25-14-22(17(4)15-30-25)20-12-23-26(24(29)13-20)32-33(5)27(23)16(2)3;1-14(2)25-20-10-18(11-22(28)24(20)31-32(25)4)19-12-23(29-13-21(19)27)30-26(34)17-7-5-6-16(9-17)8-15(3)33;1-14(2)30-13-27-21-8-7-20(28-23(21)30)18-11-22(26-12-19(18)25)29-24(32)17-6-4-5-16(10-17)9-15(3)31/h9-11,15-19H,4-8,12-14H2,1-3H3,(H,33,34,38);12-16,18-19H,6-11H2,1-5H3,(H,30,31,35);10-14,16-17H,5-9H2,1-4H3,(H,29,30,34);7-8,11-14,16-17H,4-6,9-10H2,1-3H3,(H,26,29,32)/t17-,18?,19+,30?;18-,19+;2*16-,17-/m1100/s1. The van der Waals surface area contributed by atoms with Crippen molar-refractivity contribution >= 4 is 149 Å². The van der Waals surface area contributed by atoms with Crippen molar-refractivity contribution in [3.63, 3.8) is 0 Å². The maximum Gasteiger partial charge on any atom is 0.228 e. The Morgan fingerprint density at radius 1 is 0.439 bits per heavy atom. The smallest absolute Gasteiger partial charge is 0.228 e. The lowest BCUT2D eigenvalue weighted by molar-refractivity contribution is -0.164. The van der Waals surface area contributed by atoms with Gasteiger partial charge in [0.05, 0.1) is 27.1 Å². The summed E-state index contributed by atoms with van der Waals surface area (Å²) in [4.78, 5) is 126. The molecule has 9 aromatic heterocycles. The molecule has 3 aromatic carbocycles. The Kier molecular flexibility index (Phi) is 32.1. The van der Waals surface area contributed by atoms with Gasteiger partial charge in [-0.05, 0) is 279 Å². The number of benzene rings is 3. The number of carbonyl (C=O) groups excluding carboxylic acids is 8. The first-order chi connectivity index (χ1) is 66.2. The third-order valence-electron chi connectivity index (χ3n) is 29.1. The van der Waals surface area contributed by atoms with Crippen molar-refractivity contribution < 1.29 is 51.5 Å². The van der Waals surface area contributed by atoms with E-state index >= 15 is 8.78 Å². The molecule has 0 aliphatic heterocycles. The zero-order chi connectivity index (χ0) is 99.4. The predicted molar refractivity (Wildman–Crippen MR) is 541 cm³/mol. The molecular weight excluding hydrogens is 1830 g/mol. The normalized spacial score (nSPS) is 20.6. The number of carbonyl (C=O) groups is 8. The molecule has 0 spiro atoms. The SMILES string of the molecule is CC(=O)C[C@@H]1CCC[C@H](C(=O)Nc2cc(-c3cc(F)c4nn(C)c(C(C)C)c4c3)c(Cl)cn2)C1.CC(=O)C[C@@H]1CCC[C@H](C(=O)Nc2cc(-c3ccc4ncn(C(C)C)c4n3)c(Cl)cn2)C1.CC(C)c1c2cc(-c3cc(NC(=O)[C@H]4CCC[C@@H](CC(=O)C56CC(C5)C6)C4)ncc3Cl)cc(F)c2nn1C.CCC(=O)C[C@@H]1CCC[C@H](C(=O)Nc2cc(-c3cc(F)c4nn(C)c(C(C)C)c4c3)c(C)cn2)C1. The zero-order valence-corrected chi connectivity index (χ0v) is 84.4. The molecule has 7 fully saturated rings. The average molecular weight is 1950 g/mol. The fourth-order valence-corrected chi connectivity index (χ4v) is 22.8. The second-order valence-corrected chi connectivity index (χ2v) is 42.3. The number of anilines is 4. The number of imidazole rings is 1. The van der Waals surface area contributed by atoms with E-state index in [4.69, 9.17) is 39.8 Å². The van der Waals surface area contributed by atoms with Gasteiger partial charge in [0.2, 0.25) is 23.6 Å². The van der Waals surface area contributed by atoms with Gasteiger partial charge in [0.15, 0.2) is 23.1 Å². The van der Waals surface area contributed by atoms with Crippen LogP contribution in [0.25, 0.3) is 88.5 Å². The molecule has 2 bridgehead atoms. The molecule has 4 amide bonds. The van der Waals surface area contributed by atoms with Crippen molar-refractivity contribution in [3.05, 3.63) is 159 Å². The van der Waals surface area contributed by atoms with Crippen LogP contribution >= 0.6 is 34.8 Å². The van der Waals surface area contributed by atoms with Gasteiger partial charge in [-0.25, -0.2) is 43.1 Å². The number of amides is 4. The Bertz CT molecular complexity index is 6680. The van der Waals surface area contributed by atoms with Crippen molar-refractivity contribution in [2.45, 2.75) is 261 Å². The van der Waals surface area contributed by atoms with Crippen molar-refractivity contribution in [2.24, 2.45) is 79.8 Å². The van der Waals surface area contributed by atoms with Crippen LogP contribution in [0.15, 0.2) is 104 Å². The van der Waals surface area contributed by atoms with Crippen molar-refractivity contribution in [1.29, 1.82) is 0 Å². The van der Waals surface area contributed by atoms with Crippen LogP contribution in [0.1, 0.15) is 277 Å². The summed E-state index contributed by atoms with van der Waals surface area (Å²) in [6.45, 7) is 23.5. The largest absolute Gasteiger partial charge is 0.313 e. The van der Waals surface area contributed by atoms with Gasteiger partial charge in [0, 0.05) is 163 Å². The molecule has 734 valence electrons. The summed E-state index contributed by atoms with van der Waals surface area (Å²) in [5.41, 5.74) is 11.7. The molecule has 12 aromatic rings. The first kappa shape index (κ1) is 102. The zero-order valence-electron chi connectivity index (χ0n) is 82.1. The Labute approximate surface area is 824 Å². The molecule has 9 heterocycles. The number of nitrogens with zero attached hydrogens (tertiary/aromatic N) is 13. The summed E-state index contributed by atoms with van der Waals surface area (Å²) in [5, 5.41) is 28.4. The highest BCUT2D eigenvalue weighted by Gasteiger charge is 2.61. The topological polar surface area (TPSA) is 320 Å². The Hall–Kier alpha value is -11.5. The maximum atomic E-state index is 15.1. The average Bonchev–Trinajstić information content (AvgIpc) is 1.66. The van der Waals surface area contributed by atoms with E-state index in [-0.39, 0.29) is 123 Å². The molecule has 0 unspecified atom stereocenters. The minimum atomic E-state index is -0.424. The summed E-state index contributed by atoms with van der Waals surface area (Å²) in [5.74, 6) is 3.06. The molecule has 0 radical (unpaired) electrons. The summed E-state index contributed by atoms with van der Waals surface area (Å²) in [6.07, 6.45) is 28.0. The van der Waals surface area contributed by atoms with Gasteiger partial charge in [-0.15, -0.1) is 0 Å². The van der Waals surface area contributed by atoms with Gasteiger partial charge < -0.3 is 35.4 Å². The first-order valence-corrected chi connectivity index (χ1v) is 50.4. The lowest BCUT2D eigenvalue weighted by atomic mass is 9.42. The number of hydrogen-bond acceptors (Lipinski definition) is 17. The maximum absolute atomic E-state index is 15.1. The monoisotopic (exact) mass is 1950 g/mol. The second kappa shape index (κ2) is 43.7. The number of Topliss-reactive ketones (excluding diaryl/α,β-unsaturated/α-hetero) is 4. The molecule has 31 heteroatoms. The van der Waals surface area contributed by atoms with E-state index in [0.717, 1.165) is 183 Å². The van der Waals surface area contributed by atoms with Crippen molar-refractivity contribution in [1.82, 2.24) is 63.8 Å². The molecule has 7 aliphatic carbocycles. The van der Waals surface area contributed by atoms with Gasteiger partial charge in [-0.2, -0.15) is 15.3 Å². The fourth-order valence-electron chi connectivity index (χ4n) is 22.2. The molecule has 7 aliphatic rings. The van der Waals surface area contributed by atoms with Crippen LogP contribution in [0.5, 0.6) is 0 Å². The van der Waals surface area contributed by atoms with Crippen molar-refractivity contribution in [2.75, 3.05) is 21.3 Å². The second-order valence-electron chi connectivity index (χ2n) is 41.0. The van der Waals surface area contributed by atoms with E-state index in [9.17, 15) is 42.7 Å². The minimum Gasteiger partial charge on any atom is -0.313 e. The van der Waals surface area contributed by atoms with Crippen LogP contribution in [0.4, 0.5) is 36.4 Å². The summed E-state index contributed by atoms with van der Waals surface area (Å²) >= 11 is 19.4. The highest BCUT2D eigenvalue weighted by atomic mass is 35.5. The quantitative estimate of drug-likeness (QED) is 0.0391. The Balaban J connectivity index is 0.000000141. The van der Waals surface area contributed by atoms with Crippen LogP contribution < -0.4 is 21.3 Å². The summed E-state index contributed by atoms with van der Waals surface area (Å²) in [7, 11) is 5.48. The molecule has 7 saturated carbocycles. The summed E-state index contributed by atoms with van der Waals surface area (Å²) < 4.78 is 52.3. The number of hydrogen-bond donors (Lipinski definition) is 4. The van der Waals surface area contributed by atoms with E-state index in [1.807, 2.05) is 89.8 Å². The lowest BCUT2D eigenvalue weighted by Crippen LogP contribution is -2.57. The van der Waals surface area contributed by atoms with Gasteiger partial charge in [-0.3, -0.25) is 42.8 Å². The molecule has 139 heavy (non-hydrogen) atoms. The number of aromatic nitrogens is 13. The molecular formula is C108H127Cl3F3N17O8. The van der Waals surface area contributed by atoms with Crippen LogP contribution in [-0.4, -0.2) is 111 Å². The fraction of sp³-hybridized carbons (Fsp3) is 0.491. The van der Waals surface area contributed by atoms with Crippen LogP contribution in [0, 0.1) is 83.1 Å². The van der Waals surface area contributed by atoms with Gasteiger partial charge in [0.25, 0.3) is 0 Å². The Morgan fingerprint density at radius 2 is 0.784 bits per heavy atom. The van der Waals surface area contributed by atoms with Crippen molar-refractivity contribution in [3.8, 4) is 44.6 Å². The van der Waals surface area contributed by atoms with E-state index in [0.29, 0.717) is 133 Å². The van der Waals surface area contributed by atoms with E-state index < -0.39 is 11.6 Å². The predicted octanol–water partition coefficient (Wildman–Crippen LogP) is 25.1.